The standard InChI is InChI=1S/C9H20N2O/c1-7(2)6-11(4)9(12)5-8(3)10/h7-8H,5-6,10H2,1-4H3. The zero-order chi connectivity index (χ0) is 9.72. The molecule has 0 aliphatic carbocycles. The van der Waals surface area contributed by atoms with Gasteiger partial charge < -0.3 is 10.6 Å². The molecule has 3 nitrogen and oxygen atoms in total. The van der Waals surface area contributed by atoms with E-state index in [-0.39, 0.29) is 11.9 Å². The second-order valence-electron chi connectivity index (χ2n) is 3.85. The Hall–Kier alpha value is -0.570. The lowest BCUT2D eigenvalue weighted by molar-refractivity contribution is -0.130. The molecule has 72 valence electrons. The molecule has 0 aromatic carbocycles. The van der Waals surface area contributed by atoms with Crippen LogP contribution in [-0.4, -0.2) is 30.4 Å². The first-order valence-electron chi connectivity index (χ1n) is 4.43. The number of carbonyl (C=O) groups is 1. The van der Waals surface area contributed by atoms with Crippen molar-refractivity contribution in [3.63, 3.8) is 0 Å². The maximum atomic E-state index is 11.3. The highest BCUT2D eigenvalue weighted by molar-refractivity contribution is 5.76. The van der Waals surface area contributed by atoms with Gasteiger partial charge in [0.2, 0.25) is 5.91 Å². The van der Waals surface area contributed by atoms with Crippen LogP contribution in [0.3, 0.4) is 0 Å². The third-order valence-corrected chi connectivity index (χ3v) is 1.56. The molecule has 0 radical (unpaired) electrons. The van der Waals surface area contributed by atoms with Crippen LogP contribution in [0, 0.1) is 5.92 Å². The van der Waals surface area contributed by atoms with Gasteiger partial charge in [-0.2, -0.15) is 0 Å². The van der Waals surface area contributed by atoms with Gasteiger partial charge in [-0.15, -0.1) is 0 Å². The first-order valence-corrected chi connectivity index (χ1v) is 4.43. The monoisotopic (exact) mass is 172 g/mol. The molecule has 0 aliphatic heterocycles. The lowest BCUT2D eigenvalue weighted by Gasteiger charge is -2.20. The van der Waals surface area contributed by atoms with Crippen LogP contribution in [0.25, 0.3) is 0 Å². The Morgan fingerprint density at radius 3 is 2.25 bits per heavy atom. The molecule has 1 atom stereocenters. The predicted molar refractivity (Wildman–Crippen MR) is 50.7 cm³/mol. The van der Waals surface area contributed by atoms with E-state index in [0.717, 1.165) is 6.54 Å². The summed E-state index contributed by atoms with van der Waals surface area (Å²) in [5.41, 5.74) is 5.51. The summed E-state index contributed by atoms with van der Waals surface area (Å²) in [5.74, 6) is 0.658. The van der Waals surface area contributed by atoms with Crippen molar-refractivity contribution in [1.29, 1.82) is 0 Å². The summed E-state index contributed by atoms with van der Waals surface area (Å²) in [6, 6.07) is -0.0351. The van der Waals surface area contributed by atoms with Crippen molar-refractivity contribution in [2.75, 3.05) is 13.6 Å². The summed E-state index contributed by atoms with van der Waals surface area (Å²) in [7, 11) is 1.82. The van der Waals surface area contributed by atoms with Gasteiger partial charge in [-0.3, -0.25) is 4.79 Å². The van der Waals surface area contributed by atoms with E-state index in [4.69, 9.17) is 5.73 Å². The van der Waals surface area contributed by atoms with Crippen molar-refractivity contribution < 1.29 is 4.79 Å². The molecule has 3 heteroatoms. The fourth-order valence-electron chi connectivity index (χ4n) is 1.08. The maximum absolute atomic E-state index is 11.3. The Kier molecular flexibility index (Phi) is 4.90. The number of nitrogens with zero attached hydrogens (tertiary/aromatic N) is 1. The number of amides is 1. The third-order valence-electron chi connectivity index (χ3n) is 1.56. The molecule has 0 spiro atoms. The van der Waals surface area contributed by atoms with Crippen molar-refractivity contribution >= 4 is 5.91 Å². The Balaban J connectivity index is 3.77. The van der Waals surface area contributed by atoms with Gasteiger partial charge in [0.05, 0.1) is 0 Å². The smallest absolute Gasteiger partial charge is 0.223 e. The molecule has 0 saturated heterocycles. The minimum absolute atomic E-state index is 0.0351. The van der Waals surface area contributed by atoms with E-state index in [1.54, 1.807) is 4.90 Å². The van der Waals surface area contributed by atoms with E-state index in [1.807, 2.05) is 14.0 Å². The lowest BCUT2D eigenvalue weighted by atomic mass is 10.2. The molecule has 0 aromatic rings. The quantitative estimate of drug-likeness (QED) is 0.683. The summed E-state index contributed by atoms with van der Waals surface area (Å²) < 4.78 is 0. The largest absolute Gasteiger partial charge is 0.345 e. The molecule has 0 aliphatic rings. The highest BCUT2D eigenvalue weighted by atomic mass is 16.2. The van der Waals surface area contributed by atoms with Crippen molar-refractivity contribution in [2.24, 2.45) is 11.7 Å². The number of rotatable bonds is 4. The van der Waals surface area contributed by atoms with Crippen LogP contribution in [-0.2, 0) is 4.79 Å². The van der Waals surface area contributed by atoms with Crippen molar-refractivity contribution in [3.8, 4) is 0 Å². The van der Waals surface area contributed by atoms with Gasteiger partial charge in [0.25, 0.3) is 0 Å². The highest BCUT2D eigenvalue weighted by Gasteiger charge is 2.11. The van der Waals surface area contributed by atoms with Gasteiger partial charge in [-0.05, 0) is 12.8 Å². The normalized spacial score (nSPS) is 13.2. The molecule has 0 fully saturated rings. The minimum Gasteiger partial charge on any atom is -0.345 e. The zero-order valence-electron chi connectivity index (χ0n) is 8.50. The number of nitrogens with two attached hydrogens (primary N) is 1. The molecule has 12 heavy (non-hydrogen) atoms. The molecular formula is C9H20N2O. The molecule has 0 saturated carbocycles. The first kappa shape index (κ1) is 11.4. The fourth-order valence-corrected chi connectivity index (χ4v) is 1.08. The molecule has 1 amide bonds. The van der Waals surface area contributed by atoms with Crippen LogP contribution in [0.15, 0.2) is 0 Å². The Bertz CT molecular complexity index is 143. The van der Waals surface area contributed by atoms with Crippen molar-refractivity contribution in [3.05, 3.63) is 0 Å². The third kappa shape index (κ3) is 5.13. The Morgan fingerprint density at radius 1 is 1.42 bits per heavy atom. The maximum Gasteiger partial charge on any atom is 0.223 e. The summed E-state index contributed by atoms with van der Waals surface area (Å²) >= 11 is 0. The van der Waals surface area contributed by atoms with E-state index in [2.05, 4.69) is 13.8 Å². The van der Waals surface area contributed by atoms with Crippen molar-refractivity contribution in [2.45, 2.75) is 33.2 Å². The van der Waals surface area contributed by atoms with E-state index in [1.165, 1.54) is 0 Å². The van der Waals surface area contributed by atoms with Crippen LogP contribution < -0.4 is 5.73 Å². The summed E-state index contributed by atoms with van der Waals surface area (Å²) in [6.45, 7) is 6.85. The predicted octanol–water partition coefficient (Wildman–Crippen LogP) is 0.838. The highest BCUT2D eigenvalue weighted by Crippen LogP contribution is 1.99. The van der Waals surface area contributed by atoms with Gasteiger partial charge in [0.1, 0.15) is 0 Å². The number of carbonyl (C=O) groups excluding carboxylic acids is 1. The van der Waals surface area contributed by atoms with Crippen LogP contribution in [0.2, 0.25) is 0 Å². The molecule has 2 N–H and O–H groups in total. The van der Waals surface area contributed by atoms with Crippen LogP contribution >= 0.6 is 0 Å². The van der Waals surface area contributed by atoms with Gasteiger partial charge in [-0.1, -0.05) is 13.8 Å². The van der Waals surface area contributed by atoms with Gasteiger partial charge >= 0.3 is 0 Å². The first-order chi connectivity index (χ1) is 5.43. The van der Waals surface area contributed by atoms with Gasteiger partial charge in [0, 0.05) is 26.1 Å². The topological polar surface area (TPSA) is 46.3 Å². The average molecular weight is 172 g/mol. The van der Waals surface area contributed by atoms with Crippen LogP contribution in [0.4, 0.5) is 0 Å². The van der Waals surface area contributed by atoms with Crippen LogP contribution in [0.5, 0.6) is 0 Å². The van der Waals surface area contributed by atoms with E-state index in [9.17, 15) is 4.79 Å². The molecule has 1 unspecified atom stereocenters. The zero-order valence-corrected chi connectivity index (χ0v) is 8.50. The summed E-state index contributed by atoms with van der Waals surface area (Å²) in [4.78, 5) is 13.1. The molecule has 0 bridgehead atoms. The molecule has 0 aromatic heterocycles. The molecule has 0 heterocycles. The molecule has 0 rings (SSSR count). The van der Waals surface area contributed by atoms with Crippen molar-refractivity contribution in [1.82, 2.24) is 4.90 Å². The SMILES string of the molecule is CC(C)CN(C)C(=O)CC(C)N. The van der Waals surface area contributed by atoms with Gasteiger partial charge in [-0.25, -0.2) is 0 Å². The van der Waals surface area contributed by atoms with E-state index in [0.29, 0.717) is 12.3 Å². The van der Waals surface area contributed by atoms with Crippen LogP contribution in [0.1, 0.15) is 27.2 Å². The lowest BCUT2D eigenvalue weighted by Crippen LogP contribution is -2.34. The van der Waals surface area contributed by atoms with E-state index >= 15 is 0 Å². The Labute approximate surface area is 74.9 Å². The van der Waals surface area contributed by atoms with E-state index < -0.39 is 0 Å². The summed E-state index contributed by atoms with van der Waals surface area (Å²) in [6.07, 6.45) is 0.448. The summed E-state index contributed by atoms with van der Waals surface area (Å²) in [5, 5.41) is 0. The number of hydrogen-bond donors (Lipinski definition) is 1. The average Bonchev–Trinajstić information content (AvgIpc) is 1.84. The second kappa shape index (κ2) is 5.14. The fraction of sp³-hybridized carbons (Fsp3) is 0.889. The number of hydrogen-bond acceptors (Lipinski definition) is 2. The Morgan fingerprint density at radius 2 is 1.92 bits per heavy atom. The second-order valence-corrected chi connectivity index (χ2v) is 3.85. The van der Waals surface area contributed by atoms with Gasteiger partial charge in [0.15, 0.2) is 0 Å². The molecular weight excluding hydrogens is 152 g/mol. The minimum atomic E-state index is -0.0351.